The van der Waals surface area contributed by atoms with Gasteiger partial charge in [-0.25, -0.2) is 0 Å². The van der Waals surface area contributed by atoms with Gasteiger partial charge in [0.2, 0.25) is 0 Å². The van der Waals surface area contributed by atoms with Crippen LogP contribution in [0.3, 0.4) is 0 Å². The van der Waals surface area contributed by atoms with Crippen LogP contribution in [0.25, 0.3) is 6.08 Å². The van der Waals surface area contributed by atoms with Crippen molar-refractivity contribution in [3.8, 4) is 0 Å². The number of aromatic nitrogens is 1. The first kappa shape index (κ1) is 15.5. The summed E-state index contributed by atoms with van der Waals surface area (Å²) in [5.41, 5.74) is 1.25. The van der Waals surface area contributed by atoms with Crippen LogP contribution in [-0.2, 0) is 4.79 Å². The number of nitrogens with zero attached hydrogens (tertiary/aromatic N) is 2. The Morgan fingerprint density at radius 2 is 1.91 bits per heavy atom. The molecule has 0 aliphatic carbocycles. The minimum absolute atomic E-state index is 0.209. The highest BCUT2D eigenvalue weighted by molar-refractivity contribution is 8.27. The van der Waals surface area contributed by atoms with Gasteiger partial charge in [0.15, 0.2) is 4.32 Å². The van der Waals surface area contributed by atoms with E-state index in [0.717, 1.165) is 0 Å². The molecular weight excluding hydrogens is 359 g/mol. The minimum Gasteiger partial charge on any atom is -0.268 e. The van der Waals surface area contributed by atoms with Gasteiger partial charge in [-0.3, -0.25) is 14.7 Å². The first-order valence-corrected chi connectivity index (χ1v) is 8.18. The molecule has 22 heavy (non-hydrogen) atoms. The van der Waals surface area contributed by atoms with E-state index in [1.807, 2.05) is 0 Å². The van der Waals surface area contributed by atoms with Crippen LogP contribution >= 0.6 is 47.2 Å². The van der Waals surface area contributed by atoms with Crippen LogP contribution in [0.5, 0.6) is 0 Å². The highest BCUT2D eigenvalue weighted by Crippen LogP contribution is 2.37. The number of hydrogen-bond acceptors (Lipinski definition) is 4. The van der Waals surface area contributed by atoms with Crippen molar-refractivity contribution in [2.45, 2.75) is 0 Å². The Labute approximate surface area is 146 Å². The SMILES string of the molecule is O=C1C(=Cc2c(Cl)cccc2Cl)SC(=S)N1c1cccnc1. The Kier molecular flexibility index (Phi) is 4.49. The second-order valence-corrected chi connectivity index (χ2v) is 6.85. The summed E-state index contributed by atoms with van der Waals surface area (Å²) in [5.74, 6) is -0.209. The first-order valence-electron chi connectivity index (χ1n) is 6.20. The molecule has 7 heteroatoms. The largest absolute Gasteiger partial charge is 0.270 e. The average Bonchev–Trinajstić information content (AvgIpc) is 2.78. The van der Waals surface area contributed by atoms with Gasteiger partial charge in [-0.1, -0.05) is 53.2 Å². The van der Waals surface area contributed by atoms with E-state index >= 15 is 0 Å². The summed E-state index contributed by atoms with van der Waals surface area (Å²) in [4.78, 5) is 18.5. The number of thioether (sulfide) groups is 1. The maximum Gasteiger partial charge on any atom is 0.270 e. The standard InChI is InChI=1S/C15H8Cl2N2OS2/c16-11-4-1-5-12(17)10(11)7-13-14(20)19(15(21)22-13)9-3-2-6-18-8-9/h1-8H. The third-order valence-electron chi connectivity index (χ3n) is 2.97. The number of carbonyl (C=O) groups is 1. The molecule has 1 saturated heterocycles. The topological polar surface area (TPSA) is 33.2 Å². The van der Waals surface area contributed by atoms with Crippen molar-refractivity contribution >= 4 is 69.2 Å². The molecule has 2 aromatic rings. The van der Waals surface area contributed by atoms with Crippen LogP contribution in [0.4, 0.5) is 5.69 Å². The van der Waals surface area contributed by atoms with Gasteiger partial charge < -0.3 is 0 Å². The molecule has 3 rings (SSSR count). The van der Waals surface area contributed by atoms with E-state index in [1.54, 1.807) is 48.8 Å². The predicted octanol–water partition coefficient (Wildman–Crippen LogP) is 4.79. The second kappa shape index (κ2) is 6.38. The van der Waals surface area contributed by atoms with Crippen LogP contribution in [0.2, 0.25) is 10.0 Å². The lowest BCUT2D eigenvalue weighted by atomic mass is 10.2. The fourth-order valence-corrected chi connectivity index (χ4v) is 3.74. The van der Waals surface area contributed by atoms with E-state index in [9.17, 15) is 4.79 Å². The maximum absolute atomic E-state index is 12.6. The van der Waals surface area contributed by atoms with Crippen molar-refractivity contribution < 1.29 is 4.79 Å². The highest BCUT2D eigenvalue weighted by Gasteiger charge is 2.33. The quantitative estimate of drug-likeness (QED) is 0.564. The summed E-state index contributed by atoms with van der Waals surface area (Å²) in [7, 11) is 0. The number of pyridine rings is 1. The molecule has 2 heterocycles. The zero-order chi connectivity index (χ0) is 15.7. The van der Waals surface area contributed by atoms with Crippen molar-refractivity contribution in [1.29, 1.82) is 0 Å². The van der Waals surface area contributed by atoms with Gasteiger partial charge in [-0.05, 0) is 30.3 Å². The van der Waals surface area contributed by atoms with Gasteiger partial charge >= 0.3 is 0 Å². The Bertz CT molecular complexity index is 773. The molecular formula is C15H8Cl2N2OS2. The van der Waals surface area contributed by atoms with E-state index < -0.39 is 0 Å². The molecule has 110 valence electrons. The monoisotopic (exact) mass is 366 g/mol. The van der Waals surface area contributed by atoms with Crippen molar-refractivity contribution in [1.82, 2.24) is 4.98 Å². The molecule has 0 saturated carbocycles. The molecule has 1 amide bonds. The highest BCUT2D eigenvalue weighted by atomic mass is 35.5. The van der Waals surface area contributed by atoms with E-state index in [4.69, 9.17) is 35.4 Å². The van der Waals surface area contributed by atoms with Gasteiger partial charge in [0.1, 0.15) is 0 Å². The molecule has 1 aromatic carbocycles. The first-order chi connectivity index (χ1) is 10.6. The van der Waals surface area contributed by atoms with Crippen LogP contribution in [0.15, 0.2) is 47.6 Å². The van der Waals surface area contributed by atoms with Crippen LogP contribution in [-0.4, -0.2) is 15.2 Å². The molecule has 0 spiro atoms. The molecule has 1 fully saturated rings. The molecule has 0 N–H and O–H groups in total. The van der Waals surface area contributed by atoms with Crippen molar-refractivity contribution in [2.75, 3.05) is 4.90 Å². The van der Waals surface area contributed by atoms with Gasteiger partial charge in [0.25, 0.3) is 5.91 Å². The zero-order valence-electron chi connectivity index (χ0n) is 11.0. The molecule has 1 aliphatic heterocycles. The van der Waals surface area contributed by atoms with E-state index in [-0.39, 0.29) is 5.91 Å². The molecule has 3 nitrogen and oxygen atoms in total. The number of halogens is 2. The summed E-state index contributed by atoms with van der Waals surface area (Å²) in [6.45, 7) is 0. The van der Waals surface area contributed by atoms with Gasteiger partial charge in [-0.15, -0.1) is 0 Å². The van der Waals surface area contributed by atoms with Gasteiger partial charge in [-0.2, -0.15) is 0 Å². The van der Waals surface area contributed by atoms with Crippen molar-refractivity contribution in [3.63, 3.8) is 0 Å². The average molecular weight is 367 g/mol. The number of hydrogen-bond donors (Lipinski definition) is 0. The van der Waals surface area contributed by atoms with E-state index in [2.05, 4.69) is 4.98 Å². The number of anilines is 1. The lowest BCUT2D eigenvalue weighted by Crippen LogP contribution is -2.27. The predicted molar refractivity (Wildman–Crippen MR) is 96.4 cm³/mol. The van der Waals surface area contributed by atoms with Gasteiger partial charge in [0.05, 0.1) is 16.8 Å². The number of rotatable bonds is 2. The fraction of sp³-hybridized carbons (Fsp3) is 0. The minimum atomic E-state index is -0.209. The Morgan fingerprint density at radius 3 is 2.55 bits per heavy atom. The van der Waals surface area contributed by atoms with Crippen LogP contribution < -0.4 is 4.90 Å². The van der Waals surface area contributed by atoms with Crippen LogP contribution in [0, 0.1) is 0 Å². The molecule has 1 aliphatic rings. The normalized spacial score (nSPS) is 16.6. The second-order valence-electron chi connectivity index (χ2n) is 4.36. The van der Waals surface area contributed by atoms with E-state index in [0.29, 0.717) is 30.5 Å². The summed E-state index contributed by atoms with van der Waals surface area (Å²) in [5, 5.41) is 0.971. The summed E-state index contributed by atoms with van der Waals surface area (Å²) >= 11 is 18.8. The van der Waals surface area contributed by atoms with Crippen molar-refractivity contribution in [3.05, 3.63) is 63.2 Å². The third-order valence-corrected chi connectivity index (χ3v) is 4.93. The Hall–Kier alpha value is -1.40. The lowest BCUT2D eigenvalue weighted by molar-refractivity contribution is -0.113. The number of thiocarbonyl (C=S) groups is 1. The summed E-state index contributed by atoms with van der Waals surface area (Å²) in [6.07, 6.45) is 4.90. The third kappa shape index (κ3) is 2.90. The molecule has 0 bridgehead atoms. The van der Waals surface area contributed by atoms with Gasteiger partial charge in [0, 0.05) is 21.8 Å². The molecule has 0 unspecified atom stereocenters. The summed E-state index contributed by atoms with van der Waals surface area (Å²) < 4.78 is 0.451. The fourth-order valence-electron chi connectivity index (χ4n) is 1.96. The Balaban J connectivity index is 2.00. The van der Waals surface area contributed by atoms with Crippen LogP contribution in [0.1, 0.15) is 5.56 Å². The Morgan fingerprint density at radius 1 is 1.18 bits per heavy atom. The maximum atomic E-state index is 12.6. The number of carbonyl (C=O) groups excluding carboxylic acids is 1. The lowest BCUT2D eigenvalue weighted by Gasteiger charge is -2.13. The zero-order valence-corrected chi connectivity index (χ0v) is 14.1. The van der Waals surface area contributed by atoms with E-state index in [1.165, 1.54) is 16.7 Å². The van der Waals surface area contributed by atoms with Crippen molar-refractivity contribution in [2.24, 2.45) is 0 Å². The molecule has 1 aromatic heterocycles. The number of amides is 1. The molecule has 0 atom stereocenters. The molecule has 0 radical (unpaired) electrons. The number of benzene rings is 1. The summed E-state index contributed by atoms with van der Waals surface area (Å²) in [6, 6.07) is 8.73. The smallest absolute Gasteiger partial charge is 0.268 e.